The molecule has 0 heterocycles. The zero-order chi connectivity index (χ0) is 12.8. The first-order valence-electron chi connectivity index (χ1n) is 6.02. The minimum atomic E-state index is -0.283. The minimum absolute atomic E-state index is 0.0856. The van der Waals surface area contributed by atoms with E-state index in [9.17, 15) is 0 Å². The van der Waals surface area contributed by atoms with Gasteiger partial charge in [-0.05, 0) is 11.1 Å². The normalized spacial score (nSPS) is 11.1. The molecule has 0 aliphatic heterocycles. The molecule has 0 atom stereocenters. The average Bonchev–Trinajstić information content (AvgIpc) is 2.46. The molecule has 0 bridgehead atoms. The summed E-state index contributed by atoms with van der Waals surface area (Å²) in [5.41, 5.74) is 2.38. The van der Waals surface area contributed by atoms with Crippen molar-refractivity contribution < 1.29 is 9.47 Å². The molecule has 2 aromatic rings. The van der Waals surface area contributed by atoms with Crippen LogP contribution in [0, 0.1) is 0 Å². The molecule has 0 aliphatic carbocycles. The summed E-state index contributed by atoms with van der Waals surface area (Å²) in [7, 11) is 3.35. The molecule has 2 rings (SSSR count). The summed E-state index contributed by atoms with van der Waals surface area (Å²) in [5.74, 6) is 0.0856. The molecule has 0 aromatic heterocycles. The van der Waals surface area contributed by atoms with Gasteiger partial charge < -0.3 is 9.47 Å². The zero-order valence-corrected chi connectivity index (χ0v) is 10.7. The molecule has 0 aliphatic rings. The summed E-state index contributed by atoms with van der Waals surface area (Å²) in [4.78, 5) is 0. The lowest BCUT2D eigenvalue weighted by atomic mass is 9.90. The van der Waals surface area contributed by atoms with E-state index in [2.05, 4.69) is 24.3 Å². The lowest BCUT2D eigenvalue weighted by Gasteiger charge is -2.25. The summed E-state index contributed by atoms with van der Waals surface area (Å²) in [6.45, 7) is 0. The number of hydrogen-bond acceptors (Lipinski definition) is 2. The van der Waals surface area contributed by atoms with Crippen LogP contribution in [0.2, 0.25) is 0 Å². The second-order valence-corrected chi connectivity index (χ2v) is 4.14. The third-order valence-electron chi connectivity index (χ3n) is 3.05. The summed E-state index contributed by atoms with van der Waals surface area (Å²) in [6, 6.07) is 20.6. The van der Waals surface area contributed by atoms with Gasteiger partial charge in [0.15, 0.2) is 6.29 Å². The van der Waals surface area contributed by atoms with E-state index in [1.165, 1.54) is 11.1 Å². The first kappa shape index (κ1) is 12.8. The molecular weight excluding hydrogens is 224 g/mol. The van der Waals surface area contributed by atoms with Crippen LogP contribution in [0.4, 0.5) is 0 Å². The maximum atomic E-state index is 5.45. The predicted octanol–water partition coefficient (Wildman–Crippen LogP) is 3.44. The second kappa shape index (κ2) is 6.34. The first-order valence-corrected chi connectivity index (χ1v) is 6.02. The van der Waals surface area contributed by atoms with Crippen molar-refractivity contribution >= 4 is 0 Å². The lowest BCUT2D eigenvalue weighted by Crippen LogP contribution is -2.24. The second-order valence-electron chi connectivity index (χ2n) is 4.14. The van der Waals surface area contributed by atoms with Crippen molar-refractivity contribution in [1.29, 1.82) is 0 Å². The molecule has 0 unspecified atom stereocenters. The molecule has 0 spiro atoms. The smallest absolute Gasteiger partial charge is 0.167 e. The Morgan fingerprint density at radius 1 is 0.667 bits per heavy atom. The van der Waals surface area contributed by atoms with Crippen molar-refractivity contribution in [3.05, 3.63) is 71.8 Å². The number of rotatable bonds is 5. The molecule has 2 heteroatoms. The van der Waals surface area contributed by atoms with Crippen molar-refractivity contribution in [2.45, 2.75) is 12.2 Å². The molecule has 2 aromatic carbocycles. The van der Waals surface area contributed by atoms with Gasteiger partial charge in [-0.3, -0.25) is 0 Å². The van der Waals surface area contributed by atoms with E-state index in [0.717, 1.165) is 0 Å². The highest BCUT2D eigenvalue weighted by molar-refractivity contribution is 5.33. The zero-order valence-electron chi connectivity index (χ0n) is 10.7. The molecule has 2 nitrogen and oxygen atoms in total. The van der Waals surface area contributed by atoms with Crippen LogP contribution in [0.5, 0.6) is 0 Å². The minimum Gasteiger partial charge on any atom is -0.355 e. The number of benzene rings is 2. The molecule has 94 valence electrons. The maximum absolute atomic E-state index is 5.45. The van der Waals surface area contributed by atoms with E-state index >= 15 is 0 Å². The highest BCUT2D eigenvalue weighted by Gasteiger charge is 2.24. The quantitative estimate of drug-likeness (QED) is 0.748. The van der Waals surface area contributed by atoms with Crippen LogP contribution in [-0.2, 0) is 9.47 Å². The van der Waals surface area contributed by atoms with Crippen LogP contribution >= 0.6 is 0 Å². The largest absolute Gasteiger partial charge is 0.355 e. The summed E-state index contributed by atoms with van der Waals surface area (Å²) < 4.78 is 10.9. The van der Waals surface area contributed by atoms with E-state index in [4.69, 9.17) is 9.47 Å². The van der Waals surface area contributed by atoms with Crippen molar-refractivity contribution in [2.24, 2.45) is 0 Å². The SMILES string of the molecule is COC(OC)C(c1ccccc1)c1ccccc1. The fourth-order valence-electron chi connectivity index (χ4n) is 2.20. The van der Waals surface area contributed by atoms with Gasteiger partial charge in [0.05, 0.1) is 5.92 Å². The molecule has 0 N–H and O–H groups in total. The monoisotopic (exact) mass is 242 g/mol. The maximum Gasteiger partial charge on any atom is 0.167 e. The van der Waals surface area contributed by atoms with Gasteiger partial charge in [-0.15, -0.1) is 0 Å². The summed E-state index contributed by atoms with van der Waals surface area (Å²) in [6.07, 6.45) is -0.283. The Bertz CT molecular complexity index is 410. The number of methoxy groups -OCH3 is 2. The van der Waals surface area contributed by atoms with Gasteiger partial charge in [0.2, 0.25) is 0 Å². The Morgan fingerprint density at radius 2 is 1.06 bits per heavy atom. The van der Waals surface area contributed by atoms with Crippen molar-refractivity contribution in [2.75, 3.05) is 14.2 Å². The van der Waals surface area contributed by atoms with E-state index in [0.29, 0.717) is 0 Å². The molecule has 18 heavy (non-hydrogen) atoms. The van der Waals surface area contributed by atoms with E-state index in [-0.39, 0.29) is 12.2 Å². The van der Waals surface area contributed by atoms with Gasteiger partial charge >= 0.3 is 0 Å². The Hall–Kier alpha value is -1.64. The molecule has 0 fully saturated rings. The number of hydrogen-bond donors (Lipinski definition) is 0. The summed E-state index contributed by atoms with van der Waals surface area (Å²) >= 11 is 0. The van der Waals surface area contributed by atoms with E-state index < -0.39 is 0 Å². The molecule has 0 amide bonds. The van der Waals surface area contributed by atoms with Crippen molar-refractivity contribution in [1.82, 2.24) is 0 Å². The Labute approximate surface area is 108 Å². The lowest BCUT2D eigenvalue weighted by molar-refractivity contribution is -0.111. The van der Waals surface area contributed by atoms with E-state index in [1.807, 2.05) is 36.4 Å². The van der Waals surface area contributed by atoms with E-state index in [1.54, 1.807) is 14.2 Å². The topological polar surface area (TPSA) is 18.5 Å². The molecular formula is C16H18O2. The molecule has 0 saturated heterocycles. The van der Waals surface area contributed by atoms with Gasteiger partial charge in [-0.2, -0.15) is 0 Å². The third-order valence-corrected chi connectivity index (χ3v) is 3.05. The average molecular weight is 242 g/mol. The van der Waals surface area contributed by atoms with Gasteiger partial charge in [-0.1, -0.05) is 60.7 Å². The predicted molar refractivity (Wildman–Crippen MR) is 72.5 cm³/mol. The van der Waals surface area contributed by atoms with Gasteiger partial charge in [0.1, 0.15) is 0 Å². The standard InChI is InChI=1S/C16H18O2/c1-17-16(18-2)15(13-9-5-3-6-10-13)14-11-7-4-8-12-14/h3-12,15-16H,1-2H3. The van der Waals surface area contributed by atoms with Crippen LogP contribution < -0.4 is 0 Å². The van der Waals surface area contributed by atoms with Gasteiger partial charge in [0.25, 0.3) is 0 Å². The van der Waals surface area contributed by atoms with Gasteiger partial charge in [0, 0.05) is 14.2 Å². The van der Waals surface area contributed by atoms with Crippen LogP contribution in [0.25, 0.3) is 0 Å². The third kappa shape index (κ3) is 2.78. The fraction of sp³-hybridized carbons (Fsp3) is 0.250. The van der Waals surface area contributed by atoms with Crippen LogP contribution in [0.15, 0.2) is 60.7 Å². The highest BCUT2D eigenvalue weighted by Crippen LogP contribution is 2.29. The van der Waals surface area contributed by atoms with Crippen molar-refractivity contribution in [3.63, 3.8) is 0 Å². The van der Waals surface area contributed by atoms with Crippen LogP contribution in [0.3, 0.4) is 0 Å². The van der Waals surface area contributed by atoms with Crippen molar-refractivity contribution in [3.8, 4) is 0 Å². The first-order chi connectivity index (χ1) is 8.86. The Kier molecular flexibility index (Phi) is 4.51. The number of ether oxygens (including phenoxy) is 2. The highest BCUT2D eigenvalue weighted by atomic mass is 16.7. The molecule has 0 radical (unpaired) electrons. The Morgan fingerprint density at radius 3 is 1.39 bits per heavy atom. The summed E-state index contributed by atoms with van der Waals surface area (Å²) in [5, 5.41) is 0. The van der Waals surface area contributed by atoms with Crippen LogP contribution in [0.1, 0.15) is 17.0 Å². The van der Waals surface area contributed by atoms with Gasteiger partial charge in [-0.25, -0.2) is 0 Å². The van der Waals surface area contributed by atoms with Crippen LogP contribution in [-0.4, -0.2) is 20.5 Å². The molecule has 0 saturated carbocycles. The fourth-order valence-corrected chi connectivity index (χ4v) is 2.20. The Balaban J connectivity index is 2.41.